The number of aromatic nitrogens is 1. The van der Waals surface area contributed by atoms with Crippen molar-refractivity contribution in [3.8, 4) is 0 Å². The molecule has 3 nitrogen and oxygen atoms in total. The molecule has 40 heavy (non-hydrogen) atoms. The number of rotatable bonds is 28. The Hall–Kier alpha value is -1.38. The van der Waals surface area contributed by atoms with Crippen LogP contribution >= 0.6 is 0 Å². The Balaban J connectivity index is 2.15. The third-order valence-electron chi connectivity index (χ3n) is 8.45. The number of carbonyl (C=O) groups is 1. The number of aryl methyl sites for hydroxylation is 3. The Morgan fingerprint density at radius 1 is 0.600 bits per heavy atom. The minimum atomic E-state index is -0.0243. The van der Waals surface area contributed by atoms with Gasteiger partial charge in [-0.05, 0) is 25.3 Å². The van der Waals surface area contributed by atoms with Gasteiger partial charge < -0.3 is 4.74 Å². The summed E-state index contributed by atoms with van der Waals surface area (Å²) in [6.45, 7) is 10.2. The molecular formula is C37H68NO2+. The van der Waals surface area contributed by atoms with E-state index < -0.39 is 0 Å². The summed E-state index contributed by atoms with van der Waals surface area (Å²) in [6.07, 6.45) is 32.6. The highest BCUT2D eigenvalue weighted by Crippen LogP contribution is 2.14. The molecule has 232 valence electrons. The smallest absolute Gasteiger partial charge is 0.306 e. The quantitative estimate of drug-likeness (QED) is 0.0581. The van der Waals surface area contributed by atoms with Gasteiger partial charge in [0.15, 0.2) is 24.5 Å². The lowest BCUT2D eigenvalue weighted by Crippen LogP contribution is -2.43. The van der Waals surface area contributed by atoms with Crippen molar-refractivity contribution in [3.05, 3.63) is 29.1 Å². The monoisotopic (exact) mass is 559 g/mol. The van der Waals surface area contributed by atoms with E-state index in [9.17, 15) is 4.79 Å². The maximum atomic E-state index is 12.3. The van der Waals surface area contributed by atoms with Crippen LogP contribution in [0.25, 0.3) is 0 Å². The number of esters is 1. The zero-order valence-corrected chi connectivity index (χ0v) is 27.5. The Morgan fingerprint density at radius 3 is 1.50 bits per heavy atom. The maximum Gasteiger partial charge on any atom is 0.306 e. The molecule has 0 fully saturated rings. The van der Waals surface area contributed by atoms with Gasteiger partial charge in [-0.3, -0.25) is 4.79 Å². The van der Waals surface area contributed by atoms with Gasteiger partial charge in [0.05, 0.1) is 0 Å². The van der Waals surface area contributed by atoms with Crippen molar-refractivity contribution in [2.24, 2.45) is 0 Å². The molecule has 0 amide bonds. The highest BCUT2D eigenvalue weighted by Gasteiger charge is 2.16. The Labute approximate surface area is 250 Å². The van der Waals surface area contributed by atoms with E-state index in [1.165, 1.54) is 152 Å². The molecule has 1 aromatic rings. The van der Waals surface area contributed by atoms with E-state index in [4.69, 9.17) is 4.74 Å². The van der Waals surface area contributed by atoms with Crippen LogP contribution < -0.4 is 4.57 Å². The zero-order chi connectivity index (χ0) is 29.1. The molecule has 1 rings (SSSR count). The van der Waals surface area contributed by atoms with Crippen LogP contribution in [-0.4, -0.2) is 12.6 Å². The molecule has 3 heteroatoms. The van der Waals surface area contributed by atoms with Gasteiger partial charge in [-0.2, -0.15) is 4.57 Å². The SMILES string of the molecule is CCCCCCCCCCCCCCc1cc(C)cc(C)[n+]1CCOC(=O)CCCCCCCCCCCCC. The highest BCUT2D eigenvalue weighted by molar-refractivity contribution is 5.69. The van der Waals surface area contributed by atoms with Crippen molar-refractivity contribution in [2.75, 3.05) is 6.61 Å². The molecule has 1 aromatic heterocycles. The van der Waals surface area contributed by atoms with Gasteiger partial charge in [-0.25, -0.2) is 0 Å². The average Bonchev–Trinajstić information content (AvgIpc) is 2.93. The molecule has 0 aromatic carbocycles. The molecule has 0 saturated heterocycles. The number of carbonyl (C=O) groups excluding carboxylic acids is 1. The van der Waals surface area contributed by atoms with Crippen LogP contribution in [0.2, 0.25) is 0 Å². The van der Waals surface area contributed by atoms with Crippen LogP contribution in [0.4, 0.5) is 0 Å². The number of unbranched alkanes of at least 4 members (excludes halogenated alkanes) is 21. The van der Waals surface area contributed by atoms with Gasteiger partial charge in [0.2, 0.25) is 0 Å². The van der Waals surface area contributed by atoms with Crippen LogP contribution in [0.1, 0.15) is 185 Å². The molecule has 0 unspecified atom stereocenters. The van der Waals surface area contributed by atoms with Gasteiger partial charge in [0.25, 0.3) is 0 Å². The molecule has 0 spiro atoms. The lowest BCUT2D eigenvalue weighted by Gasteiger charge is -2.10. The minimum Gasteiger partial charge on any atom is -0.459 e. The Morgan fingerprint density at radius 2 is 1.02 bits per heavy atom. The summed E-state index contributed by atoms with van der Waals surface area (Å²) in [5, 5.41) is 0. The number of nitrogens with zero attached hydrogens (tertiary/aromatic N) is 1. The topological polar surface area (TPSA) is 30.2 Å². The second-order valence-corrected chi connectivity index (χ2v) is 12.5. The first-order valence-corrected chi connectivity index (χ1v) is 17.7. The number of pyridine rings is 1. The second-order valence-electron chi connectivity index (χ2n) is 12.5. The van der Waals surface area contributed by atoms with Gasteiger partial charge in [0, 0.05) is 31.9 Å². The fourth-order valence-electron chi connectivity index (χ4n) is 5.95. The minimum absolute atomic E-state index is 0.0243. The van der Waals surface area contributed by atoms with E-state index in [-0.39, 0.29) is 5.97 Å². The fraction of sp³-hybridized carbons (Fsp3) is 0.838. The van der Waals surface area contributed by atoms with Gasteiger partial charge in [-0.15, -0.1) is 0 Å². The first kappa shape index (κ1) is 36.6. The predicted octanol–water partition coefficient (Wildman–Crippen LogP) is 11.1. The molecule has 0 aliphatic heterocycles. The van der Waals surface area contributed by atoms with Crippen LogP contribution in [0.5, 0.6) is 0 Å². The van der Waals surface area contributed by atoms with E-state index in [1.807, 2.05) is 0 Å². The van der Waals surface area contributed by atoms with Crippen molar-refractivity contribution in [1.29, 1.82) is 0 Å². The van der Waals surface area contributed by atoms with Gasteiger partial charge in [-0.1, -0.05) is 149 Å². The lowest BCUT2D eigenvalue weighted by atomic mass is 10.0. The van der Waals surface area contributed by atoms with E-state index in [1.54, 1.807) is 0 Å². The van der Waals surface area contributed by atoms with Crippen molar-refractivity contribution >= 4 is 5.97 Å². The summed E-state index contributed by atoms with van der Waals surface area (Å²) in [7, 11) is 0. The van der Waals surface area contributed by atoms with Crippen LogP contribution in [-0.2, 0) is 22.5 Å². The molecule has 0 bridgehead atoms. The van der Waals surface area contributed by atoms with Crippen molar-refractivity contribution in [3.63, 3.8) is 0 Å². The maximum absolute atomic E-state index is 12.3. The largest absolute Gasteiger partial charge is 0.459 e. The summed E-state index contributed by atoms with van der Waals surface area (Å²) in [6, 6.07) is 4.58. The first-order chi connectivity index (χ1) is 19.6. The van der Waals surface area contributed by atoms with E-state index in [0.717, 1.165) is 25.8 Å². The number of hydrogen-bond acceptors (Lipinski definition) is 2. The molecule has 0 saturated carbocycles. The molecule has 0 radical (unpaired) electrons. The highest BCUT2D eigenvalue weighted by atomic mass is 16.5. The van der Waals surface area contributed by atoms with Crippen LogP contribution in [0.15, 0.2) is 12.1 Å². The molecule has 0 N–H and O–H groups in total. The average molecular weight is 559 g/mol. The van der Waals surface area contributed by atoms with Gasteiger partial charge in [0.1, 0.15) is 0 Å². The normalized spacial score (nSPS) is 11.3. The molecule has 0 aliphatic rings. The third kappa shape index (κ3) is 20.5. The van der Waals surface area contributed by atoms with Crippen molar-refractivity contribution in [1.82, 2.24) is 0 Å². The van der Waals surface area contributed by atoms with Crippen molar-refractivity contribution in [2.45, 2.75) is 195 Å². The third-order valence-corrected chi connectivity index (χ3v) is 8.45. The summed E-state index contributed by atoms with van der Waals surface area (Å²) in [5.74, 6) is -0.0243. The predicted molar refractivity (Wildman–Crippen MR) is 173 cm³/mol. The number of ether oxygens (including phenoxy) is 1. The molecule has 0 aliphatic carbocycles. The molecule has 0 atom stereocenters. The standard InChI is InChI=1S/C37H68NO2/c1-5-7-9-11-13-15-17-19-20-22-24-26-28-36-33-34(3)32-35(4)38(36)30-31-40-37(39)29-27-25-23-21-18-16-14-12-10-8-6-2/h32-33H,5-31H2,1-4H3/q+1. The zero-order valence-electron chi connectivity index (χ0n) is 27.5. The number of hydrogen-bond donors (Lipinski definition) is 0. The lowest BCUT2D eigenvalue weighted by molar-refractivity contribution is -0.710. The summed E-state index contributed by atoms with van der Waals surface area (Å²) >= 11 is 0. The van der Waals surface area contributed by atoms with Crippen LogP contribution in [0, 0.1) is 13.8 Å². The Bertz CT molecular complexity index is 729. The fourth-order valence-corrected chi connectivity index (χ4v) is 5.95. The van der Waals surface area contributed by atoms with E-state index >= 15 is 0 Å². The van der Waals surface area contributed by atoms with E-state index in [2.05, 4.69) is 44.4 Å². The summed E-state index contributed by atoms with van der Waals surface area (Å²) < 4.78 is 8.01. The molecular weight excluding hydrogens is 490 g/mol. The summed E-state index contributed by atoms with van der Waals surface area (Å²) in [4.78, 5) is 12.3. The molecule has 1 heterocycles. The second kappa shape index (κ2) is 26.5. The van der Waals surface area contributed by atoms with E-state index in [0.29, 0.717) is 13.0 Å². The van der Waals surface area contributed by atoms with Gasteiger partial charge >= 0.3 is 5.97 Å². The Kier molecular flexibility index (Phi) is 24.3. The summed E-state index contributed by atoms with van der Waals surface area (Å²) in [5.41, 5.74) is 4.00. The first-order valence-electron chi connectivity index (χ1n) is 17.7. The van der Waals surface area contributed by atoms with Crippen molar-refractivity contribution < 1.29 is 14.1 Å². The van der Waals surface area contributed by atoms with Crippen LogP contribution in [0.3, 0.4) is 0 Å².